The molecule has 1 aliphatic rings. The van der Waals surface area contributed by atoms with Crippen molar-refractivity contribution in [3.8, 4) is 5.75 Å². The first-order valence-electron chi connectivity index (χ1n) is 6.85. The number of hydrogen-bond acceptors (Lipinski definition) is 2. The number of aryl methyl sites for hydroxylation is 1. The van der Waals surface area contributed by atoms with Gasteiger partial charge < -0.3 is 5.11 Å². The molecule has 20 heavy (non-hydrogen) atoms. The van der Waals surface area contributed by atoms with Gasteiger partial charge in [-0.3, -0.25) is 4.90 Å². The second-order valence-corrected chi connectivity index (χ2v) is 5.90. The lowest BCUT2D eigenvalue weighted by Gasteiger charge is -2.36. The third-order valence-electron chi connectivity index (χ3n) is 4.16. The Labute approximate surface area is 124 Å². The van der Waals surface area contributed by atoms with E-state index in [1.165, 1.54) is 16.7 Å². The normalized spacial score (nSPS) is 18.9. The van der Waals surface area contributed by atoms with E-state index in [0.29, 0.717) is 5.02 Å². The van der Waals surface area contributed by atoms with E-state index < -0.39 is 0 Å². The maximum atomic E-state index is 9.95. The Morgan fingerprint density at radius 1 is 1.20 bits per heavy atom. The maximum absolute atomic E-state index is 9.95. The Bertz CT molecular complexity index is 653. The van der Waals surface area contributed by atoms with E-state index in [1.54, 1.807) is 0 Å². The molecule has 1 atom stereocenters. The predicted octanol–water partition coefficient (Wildman–Crippen LogP) is 3.93. The van der Waals surface area contributed by atoms with E-state index in [2.05, 4.69) is 43.1 Å². The van der Waals surface area contributed by atoms with Crippen molar-refractivity contribution in [3.05, 3.63) is 63.7 Å². The fraction of sp³-hybridized carbons (Fsp3) is 0.294. The first-order valence-corrected chi connectivity index (χ1v) is 7.23. The Morgan fingerprint density at radius 2 is 1.95 bits per heavy atom. The van der Waals surface area contributed by atoms with Crippen LogP contribution in [0.25, 0.3) is 0 Å². The van der Waals surface area contributed by atoms with Crippen LogP contribution >= 0.6 is 11.6 Å². The number of fused-ring (bicyclic) bond motifs is 1. The van der Waals surface area contributed by atoms with Gasteiger partial charge in [-0.1, -0.05) is 35.9 Å². The molecule has 2 nitrogen and oxygen atoms in total. The smallest absolute Gasteiger partial charge is 0.134 e. The molecule has 1 heterocycles. The highest BCUT2D eigenvalue weighted by Crippen LogP contribution is 2.39. The molecule has 2 aromatic rings. The molecule has 3 rings (SSSR count). The molecule has 0 radical (unpaired) electrons. The van der Waals surface area contributed by atoms with E-state index in [1.807, 2.05) is 12.1 Å². The largest absolute Gasteiger partial charge is 0.506 e. The predicted molar refractivity (Wildman–Crippen MR) is 82.5 cm³/mol. The Kier molecular flexibility index (Phi) is 3.45. The Hall–Kier alpha value is -1.51. The van der Waals surface area contributed by atoms with Crippen LogP contribution in [0.4, 0.5) is 0 Å². The molecule has 0 fully saturated rings. The topological polar surface area (TPSA) is 23.5 Å². The number of nitrogens with zero attached hydrogens (tertiary/aromatic N) is 1. The van der Waals surface area contributed by atoms with Crippen molar-refractivity contribution in [1.29, 1.82) is 0 Å². The number of phenolic OH excluding ortho intramolecular Hbond substituents is 1. The van der Waals surface area contributed by atoms with Gasteiger partial charge in [0, 0.05) is 6.54 Å². The third-order valence-corrected chi connectivity index (χ3v) is 4.46. The van der Waals surface area contributed by atoms with Crippen LogP contribution in [-0.2, 0) is 6.42 Å². The molecule has 0 saturated heterocycles. The second-order valence-electron chi connectivity index (χ2n) is 5.49. The fourth-order valence-electron chi connectivity index (χ4n) is 3.05. The fourth-order valence-corrected chi connectivity index (χ4v) is 3.24. The van der Waals surface area contributed by atoms with Crippen molar-refractivity contribution in [2.45, 2.75) is 19.4 Å². The van der Waals surface area contributed by atoms with Gasteiger partial charge in [-0.2, -0.15) is 0 Å². The summed E-state index contributed by atoms with van der Waals surface area (Å²) in [5.41, 5.74) is 4.96. The molecular weight excluding hydrogens is 270 g/mol. The van der Waals surface area contributed by atoms with Crippen LogP contribution in [0.1, 0.15) is 28.3 Å². The minimum atomic E-state index is 0.166. The molecule has 104 valence electrons. The van der Waals surface area contributed by atoms with Crippen LogP contribution in [0, 0.1) is 6.92 Å². The number of likely N-dealkylation sites (N-methyl/N-ethyl adjacent to an activating group) is 1. The number of aromatic hydroxyl groups is 1. The first kappa shape index (κ1) is 13.5. The van der Waals surface area contributed by atoms with Crippen molar-refractivity contribution >= 4 is 11.6 Å². The summed E-state index contributed by atoms with van der Waals surface area (Å²) >= 11 is 6.04. The molecule has 0 bridgehead atoms. The first-order chi connectivity index (χ1) is 9.58. The minimum Gasteiger partial charge on any atom is -0.506 e. The average Bonchev–Trinajstić information content (AvgIpc) is 2.42. The average molecular weight is 288 g/mol. The summed E-state index contributed by atoms with van der Waals surface area (Å²) in [5, 5.41) is 10.4. The summed E-state index contributed by atoms with van der Waals surface area (Å²) in [4.78, 5) is 2.33. The number of benzene rings is 2. The van der Waals surface area contributed by atoms with Gasteiger partial charge in [0.05, 0.1) is 11.1 Å². The van der Waals surface area contributed by atoms with E-state index >= 15 is 0 Å². The second kappa shape index (κ2) is 5.12. The van der Waals surface area contributed by atoms with Crippen LogP contribution in [0.15, 0.2) is 36.4 Å². The number of rotatable bonds is 1. The van der Waals surface area contributed by atoms with E-state index in [9.17, 15) is 5.11 Å². The van der Waals surface area contributed by atoms with Gasteiger partial charge >= 0.3 is 0 Å². The standard InChI is InChI=1S/C17H18ClNO/c1-11-5-3-4-6-13(11)17-14-10-16(20)15(18)9-12(14)7-8-19(17)2/h3-6,9-10,17,20H,7-8H2,1-2H3. The van der Waals surface area contributed by atoms with Gasteiger partial charge in [-0.25, -0.2) is 0 Å². The molecule has 0 aromatic heterocycles. The SMILES string of the molecule is Cc1ccccc1C1c2cc(O)c(Cl)cc2CCN1C. The maximum Gasteiger partial charge on any atom is 0.134 e. The van der Waals surface area contributed by atoms with Crippen molar-refractivity contribution < 1.29 is 5.11 Å². The van der Waals surface area contributed by atoms with Crippen molar-refractivity contribution in [3.63, 3.8) is 0 Å². The quantitative estimate of drug-likeness (QED) is 0.859. The number of hydrogen-bond donors (Lipinski definition) is 1. The van der Waals surface area contributed by atoms with Crippen molar-refractivity contribution in [1.82, 2.24) is 4.90 Å². The molecule has 0 aliphatic carbocycles. The summed E-state index contributed by atoms with van der Waals surface area (Å²) in [6.07, 6.45) is 0.966. The number of halogens is 1. The minimum absolute atomic E-state index is 0.166. The van der Waals surface area contributed by atoms with E-state index in [0.717, 1.165) is 18.5 Å². The Morgan fingerprint density at radius 3 is 2.70 bits per heavy atom. The van der Waals surface area contributed by atoms with Crippen molar-refractivity contribution in [2.24, 2.45) is 0 Å². The summed E-state index contributed by atoms with van der Waals surface area (Å²) < 4.78 is 0. The zero-order valence-corrected chi connectivity index (χ0v) is 12.5. The molecule has 0 saturated carbocycles. The highest BCUT2D eigenvalue weighted by molar-refractivity contribution is 6.32. The van der Waals surface area contributed by atoms with Gasteiger partial charge in [0.15, 0.2) is 0 Å². The molecule has 3 heteroatoms. The van der Waals surface area contributed by atoms with Crippen LogP contribution in [0.5, 0.6) is 5.75 Å². The van der Waals surface area contributed by atoms with Crippen molar-refractivity contribution in [2.75, 3.05) is 13.6 Å². The monoisotopic (exact) mass is 287 g/mol. The molecule has 0 spiro atoms. The highest BCUT2D eigenvalue weighted by atomic mass is 35.5. The van der Waals surface area contributed by atoms with Gasteiger partial charge in [-0.15, -0.1) is 0 Å². The molecule has 1 aliphatic heterocycles. The zero-order chi connectivity index (χ0) is 14.3. The Balaban J connectivity index is 2.18. The highest BCUT2D eigenvalue weighted by Gasteiger charge is 2.28. The van der Waals surface area contributed by atoms with Crippen LogP contribution in [0.3, 0.4) is 0 Å². The van der Waals surface area contributed by atoms with Gasteiger partial charge in [0.2, 0.25) is 0 Å². The summed E-state index contributed by atoms with van der Waals surface area (Å²) in [6.45, 7) is 3.13. The summed E-state index contributed by atoms with van der Waals surface area (Å²) in [5.74, 6) is 0.166. The molecule has 1 unspecified atom stereocenters. The third kappa shape index (κ3) is 2.19. The molecule has 2 aromatic carbocycles. The number of phenols is 1. The van der Waals surface area contributed by atoms with Gasteiger partial charge in [-0.05, 0) is 54.8 Å². The summed E-state index contributed by atoms with van der Waals surface area (Å²) in [7, 11) is 2.13. The lowest BCUT2D eigenvalue weighted by Crippen LogP contribution is -2.33. The van der Waals surface area contributed by atoms with E-state index in [4.69, 9.17) is 11.6 Å². The molecule has 0 amide bonds. The summed E-state index contributed by atoms with van der Waals surface area (Å²) in [6, 6.07) is 12.3. The van der Waals surface area contributed by atoms with Crippen LogP contribution in [0.2, 0.25) is 5.02 Å². The van der Waals surface area contributed by atoms with E-state index in [-0.39, 0.29) is 11.8 Å². The van der Waals surface area contributed by atoms with Crippen LogP contribution in [-0.4, -0.2) is 23.6 Å². The molecular formula is C17H18ClNO. The van der Waals surface area contributed by atoms with Gasteiger partial charge in [0.1, 0.15) is 5.75 Å². The van der Waals surface area contributed by atoms with Gasteiger partial charge in [0.25, 0.3) is 0 Å². The van der Waals surface area contributed by atoms with Crippen LogP contribution < -0.4 is 0 Å². The lowest BCUT2D eigenvalue weighted by molar-refractivity contribution is 0.263. The molecule has 1 N–H and O–H groups in total. The lowest BCUT2D eigenvalue weighted by atomic mass is 9.86. The zero-order valence-electron chi connectivity index (χ0n) is 11.7.